The number of nitrogens with zero attached hydrogens (tertiary/aromatic N) is 3. The van der Waals surface area contributed by atoms with Crippen LogP contribution >= 0.6 is 11.6 Å². The molecule has 1 aliphatic carbocycles. The predicted octanol–water partition coefficient (Wildman–Crippen LogP) is 0.0326. The van der Waals surface area contributed by atoms with E-state index >= 15 is 0 Å². The number of rotatable bonds is 2. The lowest BCUT2D eigenvalue weighted by Gasteiger charge is -2.29. The lowest BCUT2D eigenvalue weighted by atomic mass is 10.2. The van der Waals surface area contributed by atoms with Gasteiger partial charge in [0.1, 0.15) is 18.1 Å². The van der Waals surface area contributed by atoms with Crippen molar-refractivity contribution in [3.63, 3.8) is 0 Å². The van der Waals surface area contributed by atoms with E-state index < -0.39 is 12.2 Å². The van der Waals surface area contributed by atoms with Crippen LogP contribution in [0.3, 0.4) is 0 Å². The van der Waals surface area contributed by atoms with Crippen LogP contribution in [0.25, 0.3) is 0 Å². The number of halogens is 1. The highest BCUT2D eigenvalue weighted by atomic mass is 35.5. The van der Waals surface area contributed by atoms with Crippen LogP contribution < -0.4 is 10.6 Å². The number of aliphatic hydroxyl groups excluding tert-OH is 2. The summed E-state index contributed by atoms with van der Waals surface area (Å²) < 4.78 is 0. The molecule has 6 nitrogen and oxygen atoms in total. The molecule has 1 heterocycles. The summed E-state index contributed by atoms with van der Waals surface area (Å²) in [7, 11) is 1.76. The molecule has 0 spiro atoms. The largest absolute Gasteiger partial charge is 0.393 e. The number of nitrogens with two attached hydrogens (primary N) is 1. The van der Waals surface area contributed by atoms with E-state index in [0.29, 0.717) is 18.7 Å². The van der Waals surface area contributed by atoms with Crippen molar-refractivity contribution in [2.45, 2.75) is 31.1 Å². The van der Waals surface area contributed by atoms with Gasteiger partial charge < -0.3 is 20.8 Å². The minimum absolute atomic E-state index is 0.190. The second-order valence-corrected chi connectivity index (χ2v) is 4.57. The van der Waals surface area contributed by atoms with Crippen LogP contribution in [0.1, 0.15) is 12.8 Å². The quantitative estimate of drug-likeness (QED) is 0.648. The van der Waals surface area contributed by atoms with Gasteiger partial charge in [0.05, 0.1) is 12.1 Å². The number of hydrogen-bond acceptors (Lipinski definition) is 6. The van der Waals surface area contributed by atoms with Crippen LogP contribution in [0.15, 0.2) is 6.33 Å². The zero-order valence-electron chi connectivity index (χ0n) is 9.41. The van der Waals surface area contributed by atoms with Gasteiger partial charge in [-0.05, 0) is 12.8 Å². The third-order valence-electron chi connectivity index (χ3n) is 3.19. The lowest BCUT2D eigenvalue weighted by Crippen LogP contribution is -2.41. The van der Waals surface area contributed by atoms with E-state index in [4.69, 9.17) is 17.3 Å². The molecule has 3 unspecified atom stereocenters. The first kappa shape index (κ1) is 12.3. The first-order chi connectivity index (χ1) is 8.02. The molecule has 1 aromatic rings. The van der Waals surface area contributed by atoms with Crippen LogP contribution in [0.5, 0.6) is 0 Å². The second kappa shape index (κ2) is 4.64. The van der Waals surface area contributed by atoms with E-state index in [9.17, 15) is 10.2 Å². The molecule has 7 heteroatoms. The fraction of sp³-hybridized carbons (Fsp3) is 0.600. The Hall–Kier alpha value is -1.11. The first-order valence-electron chi connectivity index (χ1n) is 5.37. The monoisotopic (exact) mass is 258 g/mol. The molecule has 2 rings (SSSR count). The molecule has 0 amide bonds. The number of anilines is 2. The maximum absolute atomic E-state index is 9.84. The Morgan fingerprint density at radius 1 is 1.41 bits per heavy atom. The smallest absolute Gasteiger partial charge is 0.157 e. The van der Waals surface area contributed by atoms with E-state index in [-0.39, 0.29) is 16.9 Å². The number of hydrogen-bond donors (Lipinski definition) is 3. The average Bonchev–Trinajstić information content (AvgIpc) is 2.63. The van der Waals surface area contributed by atoms with Gasteiger partial charge in [0.25, 0.3) is 0 Å². The van der Waals surface area contributed by atoms with Gasteiger partial charge in [0.15, 0.2) is 11.0 Å². The fourth-order valence-corrected chi connectivity index (χ4v) is 2.29. The molecule has 1 saturated carbocycles. The van der Waals surface area contributed by atoms with E-state index in [1.807, 2.05) is 0 Å². The maximum Gasteiger partial charge on any atom is 0.157 e. The lowest BCUT2D eigenvalue weighted by molar-refractivity contribution is 0.0356. The van der Waals surface area contributed by atoms with Gasteiger partial charge in [-0.1, -0.05) is 11.6 Å². The van der Waals surface area contributed by atoms with Gasteiger partial charge in [-0.15, -0.1) is 0 Å². The average molecular weight is 259 g/mol. The number of likely N-dealkylation sites (N-methyl/N-ethyl adjacent to an activating group) is 1. The fourth-order valence-electron chi connectivity index (χ4n) is 2.17. The van der Waals surface area contributed by atoms with Crippen molar-refractivity contribution in [3.8, 4) is 0 Å². The number of aliphatic hydroxyl groups is 2. The van der Waals surface area contributed by atoms with Crippen molar-refractivity contribution in [2.24, 2.45) is 0 Å². The van der Waals surface area contributed by atoms with Crippen molar-refractivity contribution in [3.05, 3.63) is 11.5 Å². The SMILES string of the molecule is CN(c1ncnc(Cl)c1N)C1CCC(O)C1O. The minimum atomic E-state index is -0.798. The molecule has 0 aliphatic heterocycles. The van der Waals surface area contributed by atoms with Gasteiger partial charge in [-0.2, -0.15) is 0 Å². The van der Waals surface area contributed by atoms with Crippen LogP contribution in [0, 0.1) is 0 Å². The van der Waals surface area contributed by atoms with E-state index in [1.54, 1.807) is 11.9 Å². The summed E-state index contributed by atoms with van der Waals surface area (Å²) in [5.41, 5.74) is 6.07. The van der Waals surface area contributed by atoms with Gasteiger partial charge in [-0.3, -0.25) is 0 Å². The van der Waals surface area contributed by atoms with Crippen LogP contribution in [-0.2, 0) is 0 Å². The zero-order valence-corrected chi connectivity index (χ0v) is 10.2. The molecule has 0 bridgehead atoms. The molecule has 94 valence electrons. The zero-order chi connectivity index (χ0) is 12.6. The molecule has 17 heavy (non-hydrogen) atoms. The molecule has 0 saturated heterocycles. The summed E-state index contributed by atoms with van der Waals surface area (Å²) in [6.45, 7) is 0. The van der Waals surface area contributed by atoms with Crippen LogP contribution in [-0.4, -0.2) is 45.5 Å². The van der Waals surface area contributed by atoms with Gasteiger partial charge in [0, 0.05) is 7.05 Å². The summed E-state index contributed by atoms with van der Waals surface area (Å²) in [6, 6.07) is -0.210. The Morgan fingerprint density at radius 3 is 2.71 bits per heavy atom. The molecule has 0 aromatic carbocycles. The van der Waals surface area contributed by atoms with E-state index in [0.717, 1.165) is 0 Å². The molecule has 0 radical (unpaired) electrons. The first-order valence-corrected chi connectivity index (χ1v) is 5.75. The van der Waals surface area contributed by atoms with Crippen molar-refractivity contribution in [1.82, 2.24) is 9.97 Å². The Kier molecular flexibility index (Phi) is 3.37. The summed E-state index contributed by atoms with van der Waals surface area (Å²) in [5, 5.41) is 19.6. The minimum Gasteiger partial charge on any atom is -0.393 e. The van der Waals surface area contributed by atoms with Crippen molar-refractivity contribution < 1.29 is 10.2 Å². The molecule has 1 aromatic heterocycles. The van der Waals surface area contributed by atoms with Gasteiger partial charge in [0.2, 0.25) is 0 Å². The van der Waals surface area contributed by atoms with Crippen molar-refractivity contribution in [1.29, 1.82) is 0 Å². The standard InChI is InChI=1S/C10H15ClN4O2/c1-15(5-2-3-6(16)8(5)17)10-7(12)9(11)13-4-14-10/h4-6,8,16-17H,2-3,12H2,1H3. The third-order valence-corrected chi connectivity index (χ3v) is 3.49. The molecular formula is C10H15ClN4O2. The Labute approximate surface area is 104 Å². The summed E-state index contributed by atoms with van der Waals surface area (Å²) >= 11 is 5.81. The Balaban J connectivity index is 2.25. The Bertz CT molecular complexity index is 417. The van der Waals surface area contributed by atoms with Crippen LogP contribution in [0.2, 0.25) is 5.15 Å². The number of aromatic nitrogens is 2. The maximum atomic E-state index is 9.84. The summed E-state index contributed by atoms with van der Waals surface area (Å²) in [4.78, 5) is 9.57. The van der Waals surface area contributed by atoms with Gasteiger partial charge >= 0.3 is 0 Å². The molecular weight excluding hydrogens is 244 g/mol. The highest BCUT2D eigenvalue weighted by Crippen LogP contribution is 2.31. The third kappa shape index (κ3) is 2.15. The molecule has 1 aliphatic rings. The molecule has 3 atom stereocenters. The van der Waals surface area contributed by atoms with Crippen molar-refractivity contribution in [2.75, 3.05) is 17.7 Å². The summed E-state index contributed by atoms with van der Waals surface area (Å²) in [5.74, 6) is 0.475. The normalized spacial score (nSPS) is 28.4. The summed E-state index contributed by atoms with van der Waals surface area (Å²) in [6.07, 6.45) is 1.07. The highest BCUT2D eigenvalue weighted by Gasteiger charge is 2.37. The van der Waals surface area contributed by atoms with Crippen molar-refractivity contribution >= 4 is 23.1 Å². The Morgan fingerprint density at radius 2 is 2.12 bits per heavy atom. The number of nitrogen functional groups attached to an aromatic ring is 1. The predicted molar refractivity (Wildman–Crippen MR) is 64.9 cm³/mol. The highest BCUT2D eigenvalue weighted by molar-refractivity contribution is 6.32. The molecule has 4 N–H and O–H groups in total. The van der Waals surface area contributed by atoms with Gasteiger partial charge in [-0.25, -0.2) is 9.97 Å². The van der Waals surface area contributed by atoms with E-state index in [2.05, 4.69) is 9.97 Å². The molecule has 1 fully saturated rings. The topological polar surface area (TPSA) is 95.5 Å². The van der Waals surface area contributed by atoms with Crippen LogP contribution in [0.4, 0.5) is 11.5 Å². The second-order valence-electron chi connectivity index (χ2n) is 4.22. The van der Waals surface area contributed by atoms with E-state index in [1.165, 1.54) is 6.33 Å².